The molecule has 0 aliphatic rings. The summed E-state index contributed by atoms with van der Waals surface area (Å²) in [6, 6.07) is 15.8. The summed E-state index contributed by atoms with van der Waals surface area (Å²) in [5.74, 6) is 1.85. The van der Waals surface area contributed by atoms with Gasteiger partial charge in [-0.1, -0.05) is 24.3 Å². The van der Waals surface area contributed by atoms with Crippen LogP contribution < -0.4 is 4.74 Å². The van der Waals surface area contributed by atoms with E-state index in [2.05, 4.69) is 12.1 Å². The van der Waals surface area contributed by atoms with E-state index in [1.54, 1.807) is 25.8 Å². The Balaban J connectivity index is 2.01. The van der Waals surface area contributed by atoms with Crippen LogP contribution in [0.3, 0.4) is 0 Å². The van der Waals surface area contributed by atoms with Crippen LogP contribution >= 0.6 is 11.8 Å². The summed E-state index contributed by atoms with van der Waals surface area (Å²) in [4.78, 5) is 12.4. The number of hydrogen-bond acceptors (Lipinski definition) is 3. The molecular weight excluding hydrogens is 256 g/mol. The Morgan fingerprint density at radius 1 is 1.16 bits per heavy atom. The molecule has 0 N–H and O–H groups in total. The van der Waals surface area contributed by atoms with E-state index >= 15 is 0 Å². The minimum absolute atomic E-state index is 0.104. The van der Waals surface area contributed by atoms with E-state index in [9.17, 15) is 4.79 Å². The summed E-state index contributed by atoms with van der Waals surface area (Å²) >= 11 is 1.73. The largest absolute Gasteiger partial charge is 0.497 e. The van der Waals surface area contributed by atoms with E-state index in [0.717, 1.165) is 22.0 Å². The number of ketones is 1. The molecule has 0 saturated carbocycles. The lowest BCUT2D eigenvalue weighted by atomic mass is 10.2. The van der Waals surface area contributed by atoms with Crippen molar-refractivity contribution >= 4 is 17.5 Å². The van der Waals surface area contributed by atoms with Crippen molar-refractivity contribution < 1.29 is 9.53 Å². The van der Waals surface area contributed by atoms with Gasteiger partial charge >= 0.3 is 0 Å². The summed E-state index contributed by atoms with van der Waals surface area (Å²) in [6.45, 7) is 1.59. The van der Waals surface area contributed by atoms with Crippen LogP contribution in [0, 0.1) is 0 Å². The lowest BCUT2D eigenvalue weighted by molar-refractivity contribution is 0.101. The molecule has 0 atom stereocenters. The minimum Gasteiger partial charge on any atom is -0.497 e. The van der Waals surface area contributed by atoms with Crippen LogP contribution in [0.25, 0.3) is 0 Å². The monoisotopic (exact) mass is 272 g/mol. The van der Waals surface area contributed by atoms with Crippen LogP contribution in [0.4, 0.5) is 0 Å². The summed E-state index contributed by atoms with van der Waals surface area (Å²) in [7, 11) is 1.66. The van der Waals surface area contributed by atoms with Gasteiger partial charge in [0.1, 0.15) is 5.75 Å². The molecule has 0 bridgehead atoms. The van der Waals surface area contributed by atoms with Crippen molar-refractivity contribution in [3.8, 4) is 5.75 Å². The van der Waals surface area contributed by atoms with Crippen LogP contribution in [0.15, 0.2) is 53.4 Å². The number of benzene rings is 2. The quantitative estimate of drug-likeness (QED) is 0.603. The summed E-state index contributed by atoms with van der Waals surface area (Å²) in [6.07, 6.45) is 0. The highest BCUT2D eigenvalue weighted by atomic mass is 32.2. The number of Topliss-reactive ketones (excluding diaryl/α,β-unsaturated/α-hetero) is 1. The SMILES string of the molecule is COc1ccc(CSc2cccc(C(C)=O)c2)cc1. The van der Waals surface area contributed by atoms with E-state index in [-0.39, 0.29) is 5.78 Å². The van der Waals surface area contributed by atoms with Crippen LogP contribution in [0.5, 0.6) is 5.75 Å². The third kappa shape index (κ3) is 3.86. The van der Waals surface area contributed by atoms with Crippen molar-refractivity contribution in [3.05, 3.63) is 59.7 Å². The molecule has 0 saturated heterocycles. The van der Waals surface area contributed by atoms with E-state index < -0.39 is 0 Å². The second kappa shape index (κ2) is 6.43. The van der Waals surface area contributed by atoms with Gasteiger partial charge in [0, 0.05) is 16.2 Å². The highest BCUT2D eigenvalue weighted by Gasteiger charge is 2.02. The number of carbonyl (C=O) groups excluding carboxylic acids is 1. The molecule has 0 aliphatic carbocycles. The van der Waals surface area contributed by atoms with Crippen LogP contribution in [0.2, 0.25) is 0 Å². The molecule has 0 fully saturated rings. The predicted molar refractivity (Wildman–Crippen MR) is 79.0 cm³/mol. The smallest absolute Gasteiger partial charge is 0.159 e. The summed E-state index contributed by atoms with van der Waals surface area (Å²) in [5, 5.41) is 0. The topological polar surface area (TPSA) is 26.3 Å². The van der Waals surface area contributed by atoms with Gasteiger partial charge in [-0.2, -0.15) is 0 Å². The van der Waals surface area contributed by atoms with Gasteiger partial charge < -0.3 is 4.74 Å². The molecule has 2 aromatic rings. The number of methoxy groups -OCH3 is 1. The average molecular weight is 272 g/mol. The van der Waals surface area contributed by atoms with Gasteiger partial charge in [0.15, 0.2) is 5.78 Å². The molecule has 2 nitrogen and oxygen atoms in total. The maximum absolute atomic E-state index is 11.3. The predicted octanol–water partition coefficient (Wildman–Crippen LogP) is 4.19. The molecule has 98 valence electrons. The number of carbonyl (C=O) groups is 1. The third-order valence-corrected chi connectivity index (χ3v) is 3.87. The fourth-order valence-electron chi connectivity index (χ4n) is 1.69. The molecule has 0 spiro atoms. The maximum Gasteiger partial charge on any atom is 0.159 e. The van der Waals surface area contributed by atoms with Gasteiger partial charge in [0.05, 0.1) is 7.11 Å². The van der Waals surface area contributed by atoms with E-state index in [0.29, 0.717) is 0 Å². The lowest BCUT2D eigenvalue weighted by Gasteiger charge is -2.05. The summed E-state index contributed by atoms with van der Waals surface area (Å²) < 4.78 is 5.13. The lowest BCUT2D eigenvalue weighted by Crippen LogP contribution is -1.91. The normalized spacial score (nSPS) is 10.2. The second-order valence-corrected chi connectivity index (χ2v) is 5.27. The van der Waals surface area contributed by atoms with Gasteiger partial charge in [0.2, 0.25) is 0 Å². The van der Waals surface area contributed by atoms with Gasteiger partial charge in [-0.15, -0.1) is 11.8 Å². The van der Waals surface area contributed by atoms with Gasteiger partial charge in [-0.3, -0.25) is 4.79 Å². The fraction of sp³-hybridized carbons (Fsp3) is 0.188. The Morgan fingerprint density at radius 3 is 2.53 bits per heavy atom. The molecule has 2 rings (SSSR count). The van der Waals surface area contributed by atoms with Crippen LogP contribution in [-0.4, -0.2) is 12.9 Å². The zero-order chi connectivity index (χ0) is 13.7. The maximum atomic E-state index is 11.3. The van der Waals surface area contributed by atoms with Crippen molar-refractivity contribution in [1.82, 2.24) is 0 Å². The van der Waals surface area contributed by atoms with Gasteiger partial charge in [0.25, 0.3) is 0 Å². The minimum atomic E-state index is 0.104. The standard InChI is InChI=1S/C16H16O2S/c1-12(17)14-4-3-5-16(10-14)19-11-13-6-8-15(18-2)9-7-13/h3-10H,11H2,1-2H3. The Kier molecular flexibility index (Phi) is 4.63. The average Bonchev–Trinajstić information content (AvgIpc) is 2.46. The first-order chi connectivity index (χ1) is 9.19. The van der Waals surface area contributed by atoms with Crippen molar-refractivity contribution in [2.75, 3.05) is 7.11 Å². The Morgan fingerprint density at radius 2 is 1.89 bits per heavy atom. The molecule has 0 aromatic heterocycles. The van der Waals surface area contributed by atoms with Crippen molar-refractivity contribution in [2.45, 2.75) is 17.6 Å². The molecular formula is C16H16O2S. The Labute approximate surface area is 117 Å². The first-order valence-corrected chi connectivity index (χ1v) is 7.04. The van der Waals surface area contributed by atoms with Crippen molar-refractivity contribution in [3.63, 3.8) is 0 Å². The van der Waals surface area contributed by atoms with Crippen LogP contribution in [0.1, 0.15) is 22.8 Å². The van der Waals surface area contributed by atoms with E-state index in [4.69, 9.17) is 4.74 Å². The third-order valence-electron chi connectivity index (χ3n) is 2.81. The van der Waals surface area contributed by atoms with Crippen LogP contribution in [-0.2, 0) is 5.75 Å². The van der Waals surface area contributed by atoms with Gasteiger partial charge in [-0.25, -0.2) is 0 Å². The molecule has 0 heterocycles. The number of hydrogen-bond donors (Lipinski definition) is 0. The van der Waals surface area contributed by atoms with E-state index in [1.807, 2.05) is 36.4 Å². The molecule has 19 heavy (non-hydrogen) atoms. The second-order valence-electron chi connectivity index (χ2n) is 4.22. The van der Waals surface area contributed by atoms with Gasteiger partial charge in [-0.05, 0) is 36.8 Å². The number of rotatable bonds is 5. The van der Waals surface area contributed by atoms with Crippen molar-refractivity contribution in [2.24, 2.45) is 0 Å². The zero-order valence-electron chi connectivity index (χ0n) is 11.1. The van der Waals surface area contributed by atoms with E-state index in [1.165, 1.54) is 5.56 Å². The fourth-order valence-corrected chi connectivity index (χ4v) is 2.60. The molecule has 0 radical (unpaired) electrons. The number of ether oxygens (including phenoxy) is 1. The molecule has 3 heteroatoms. The van der Waals surface area contributed by atoms with Crippen molar-refractivity contribution in [1.29, 1.82) is 0 Å². The number of thioether (sulfide) groups is 1. The molecule has 0 unspecified atom stereocenters. The molecule has 0 amide bonds. The summed E-state index contributed by atoms with van der Waals surface area (Å²) in [5.41, 5.74) is 2.00. The highest BCUT2D eigenvalue weighted by Crippen LogP contribution is 2.24. The first kappa shape index (κ1) is 13.7. The first-order valence-electron chi connectivity index (χ1n) is 6.06. The highest BCUT2D eigenvalue weighted by molar-refractivity contribution is 7.98. The Hall–Kier alpha value is -1.74. The Bertz CT molecular complexity index is 561. The molecule has 2 aromatic carbocycles. The zero-order valence-corrected chi connectivity index (χ0v) is 11.9. The molecule has 0 aliphatic heterocycles.